The molecule has 0 fully saturated rings. The maximum atomic E-state index is 12.5. The third kappa shape index (κ3) is 4.99. The first-order chi connectivity index (χ1) is 14.2. The number of hydrogen-bond donors (Lipinski definition) is 2. The molecule has 150 valence electrons. The van der Waals surface area contributed by atoms with Crippen molar-refractivity contribution in [2.24, 2.45) is 0 Å². The molecule has 0 amide bonds. The van der Waals surface area contributed by atoms with Crippen molar-refractivity contribution in [3.63, 3.8) is 0 Å². The van der Waals surface area contributed by atoms with E-state index >= 15 is 0 Å². The fourth-order valence-corrected chi connectivity index (χ4v) is 3.77. The highest BCUT2D eigenvalue weighted by Gasteiger charge is 2.22. The van der Waals surface area contributed by atoms with Crippen molar-refractivity contribution < 1.29 is 0 Å². The van der Waals surface area contributed by atoms with E-state index in [-0.39, 0.29) is 11.5 Å². The van der Waals surface area contributed by atoms with E-state index < -0.39 is 5.69 Å². The third-order valence-electron chi connectivity index (χ3n) is 5.15. The van der Waals surface area contributed by atoms with Crippen LogP contribution in [-0.4, -0.2) is 15.0 Å². The Morgan fingerprint density at radius 1 is 1.03 bits per heavy atom. The second-order valence-corrected chi connectivity index (χ2v) is 6.91. The van der Waals surface area contributed by atoms with Gasteiger partial charge in [0.05, 0.1) is 0 Å². The van der Waals surface area contributed by atoms with Gasteiger partial charge in [0.25, 0.3) is 5.56 Å². The first-order valence-corrected chi connectivity index (χ1v) is 10.2. The van der Waals surface area contributed by atoms with Crippen LogP contribution < -0.4 is 11.2 Å². The molecular formula is C24H27N3O2. The molecule has 2 N–H and O–H groups in total. The lowest BCUT2D eigenvalue weighted by Gasteiger charge is -2.23. The number of benzene rings is 1. The molecule has 5 nitrogen and oxygen atoms in total. The highest BCUT2D eigenvalue weighted by Crippen LogP contribution is 2.35. The Balaban J connectivity index is 0.00000117. The molecule has 0 aliphatic heterocycles. The van der Waals surface area contributed by atoms with Gasteiger partial charge < -0.3 is 4.98 Å². The van der Waals surface area contributed by atoms with Crippen LogP contribution in [0.1, 0.15) is 61.4 Å². The van der Waals surface area contributed by atoms with Gasteiger partial charge in [0, 0.05) is 36.0 Å². The smallest absolute Gasteiger partial charge is 0.311 e. The normalized spacial score (nSPS) is 15.8. The lowest BCUT2D eigenvalue weighted by atomic mass is 9.83. The molecule has 1 atom stereocenters. The number of nitrogens with one attached hydrogen (secondary N) is 2. The lowest BCUT2D eigenvalue weighted by molar-refractivity contribution is 0.596. The summed E-state index contributed by atoms with van der Waals surface area (Å²) in [6.07, 6.45) is 8.95. The van der Waals surface area contributed by atoms with Crippen molar-refractivity contribution in [1.82, 2.24) is 15.0 Å². The summed E-state index contributed by atoms with van der Waals surface area (Å²) in [5.41, 5.74) is 4.17. The summed E-state index contributed by atoms with van der Waals surface area (Å²) in [6, 6.07) is 13.9. The molecule has 0 radical (unpaired) electrons. The zero-order chi connectivity index (χ0) is 20.6. The van der Waals surface area contributed by atoms with E-state index in [1.54, 1.807) is 6.20 Å². The maximum absolute atomic E-state index is 12.5. The van der Waals surface area contributed by atoms with Crippen LogP contribution in [0, 0.1) is 0 Å². The number of pyridine rings is 1. The van der Waals surface area contributed by atoms with Crippen molar-refractivity contribution in [3.05, 3.63) is 104 Å². The molecule has 2 aromatic heterocycles. The van der Waals surface area contributed by atoms with Gasteiger partial charge in [-0.25, -0.2) is 4.79 Å². The number of allylic oxidation sites excluding steroid dienone is 2. The Labute approximate surface area is 170 Å². The summed E-state index contributed by atoms with van der Waals surface area (Å²) in [5, 5.41) is 0. The number of aromatic nitrogens is 3. The SMILES string of the molecule is CC.O=c1[nH]c(C2CC=C(c3cccnc3)CC2)c(Cc2ccccc2)c(=O)[nH]1. The van der Waals surface area contributed by atoms with Gasteiger partial charge in [0.1, 0.15) is 0 Å². The van der Waals surface area contributed by atoms with Crippen LogP contribution in [0.3, 0.4) is 0 Å². The monoisotopic (exact) mass is 389 g/mol. The van der Waals surface area contributed by atoms with Gasteiger partial charge in [-0.1, -0.05) is 56.3 Å². The lowest BCUT2D eigenvalue weighted by Crippen LogP contribution is -2.29. The number of rotatable bonds is 4. The summed E-state index contributed by atoms with van der Waals surface area (Å²) >= 11 is 0. The minimum atomic E-state index is -0.436. The number of hydrogen-bond acceptors (Lipinski definition) is 3. The molecule has 1 aromatic carbocycles. The van der Waals surface area contributed by atoms with Crippen LogP contribution in [0.2, 0.25) is 0 Å². The van der Waals surface area contributed by atoms with Crippen LogP contribution in [0.15, 0.2) is 70.5 Å². The Hall–Kier alpha value is -3.21. The minimum absolute atomic E-state index is 0.138. The van der Waals surface area contributed by atoms with Crippen LogP contribution in [0.25, 0.3) is 5.57 Å². The highest BCUT2D eigenvalue weighted by molar-refractivity contribution is 5.65. The Morgan fingerprint density at radius 2 is 1.83 bits per heavy atom. The van der Waals surface area contributed by atoms with Crippen molar-refractivity contribution in [2.45, 2.75) is 45.4 Å². The second kappa shape index (κ2) is 9.82. The minimum Gasteiger partial charge on any atom is -0.311 e. The van der Waals surface area contributed by atoms with Crippen molar-refractivity contribution in [1.29, 1.82) is 0 Å². The molecule has 0 saturated heterocycles. The summed E-state index contributed by atoms with van der Waals surface area (Å²) in [7, 11) is 0. The molecule has 5 heteroatoms. The molecule has 3 aromatic rings. The Kier molecular flexibility index (Phi) is 6.95. The standard InChI is InChI=1S/C22H21N3O2.C2H6/c26-21-19(13-15-5-2-1-3-6-15)20(24-22(27)25-21)17-10-8-16(9-11-17)18-7-4-12-23-14-18;1-2/h1-8,12,14,17H,9-11,13H2,(H2,24,25,26,27);1-2H3. The molecule has 2 heterocycles. The van der Waals surface area contributed by atoms with E-state index in [0.717, 1.165) is 36.1 Å². The van der Waals surface area contributed by atoms with E-state index in [1.165, 1.54) is 5.57 Å². The van der Waals surface area contributed by atoms with Gasteiger partial charge in [-0.05, 0) is 42.0 Å². The average Bonchev–Trinajstić information content (AvgIpc) is 2.78. The van der Waals surface area contributed by atoms with Crippen molar-refractivity contribution in [3.8, 4) is 0 Å². The van der Waals surface area contributed by atoms with E-state index in [0.29, 0.717) is 12.0 Å². The summed E-state index contributed by atoms with van der Waals surface area (Å²) in [5.74, 6) is 0.138. The fraction of sp³-hybridized carbons (Fsp3) is 0.292. The number of H-pyrrole nitrogens is 2. The van der Waals surface area contributed by atoms with Crippen LogP contribution in [0.5, 0.6) is 0 Å². The van der Waals surface area contributed by atoms with Gasteiger partial charge in [-0.3, -0.25) is 14.8 Å². The van der Waals surface area contributed by atoms with Crippen LogP contribution >= 0.6 is 0 Å². The maximum Gasteiger partial charge on any atom is 0.325 e. The molecule has 29 heavy (non-hydrogen) atoms. The molecule has 4 rings (SSSR count). The molecule has 0 bridgehead atoms. The molecule has 0 saturated carbocycles. The van der Waals surface area contributed by atoms with Crippen molar-refractivity contribution in [2.75, 3.05) is 0 Å². The second-order valence-electron chi connectivity index (χ2n) is 6.91. The largest absolute Gasteiger partial charge is 0.325 e. The highest BCUT2D eigenvalue weighted by atomic mass is 16.2. The zero-order valence-electron chi connectivity index (χ0n) is 16.9. The van der Waals surface area contributed by atoms with Crippen LogP contribution in [0.4, 0.5) is 0 Å². The number of nitrogens with zero attached hydrogens (tertiary/aromatic N) is 1. The fourth-order valence-electron chi connectivity index (χ4n) is 3.77. The molecule has 1 aliphatic rings. The Morgan fingerprint density at radius 3 is 2.48 bits per heavy atom. The van der Waals surface area contributed by atoms with E-state index in [2.05, 4.69) is 27.1 Å². The van der Waals surface area contributed by atoms with Gasteiger partial charge in [0.15, 0.2) is 0 Å². The molecule has 1 aliphatic carbocycles. The summed E-state index contributed by atoms with van der Waals surface area (Å²) in [4.78, 5) is 33.9. The zero-order valence-corrected chi connectivity index (χ0v) is 16.9. The van der Waals surface area contributed by atoms with Crippen molar-refractivity contribution >= 4 is 5.57 Å². The molecular weight excluding hydrogens is 362 g/mol. The summed E-state index contributed by atoms with van der Waals surface area (Å²) < 4.78 is 0. The Bertz CT molecular complexity index is 1070. The van der Waals surface area contributed by atoms with E-state index in [9.17, 15) is 9.59 Å². The van der Waals surface area contributed by atoms with Crippen LogP contribution in [-0.2, 0) is 6.42 Å². The van der Waals surface area contributed by atoms with Gasteiger partial charge in [-0.2, -0.15) is 0 Å². The van der Waals surface area contributed by atoms with E-state index in [1.807, 2.05) is 56.4 Å². The quantitative estimate of drug-likeness (QED) is 0.693. The number of aromatic amines is 2. The van der Waals surface area contributed by atoms with E-state index in [4.69, 9.17) is 0 Å². The average molecular weight is 389 g/mol. The van der Waals surface area contributed by atoms with Gasteiger partial charge >= 0.3 is 5.69 Å². The van der Waals surface area contributed by atoms with Gasteiger partial charge in [-0.15, -0.1) is 0 Å². The predicted octanol–water partition coefficient (Wildman–Crippen LogP) is 4.43. The summed E-state index contributed by atoms with van der Waals surface area (Å²) in [6.45, 7) is 4.00. The third-order valence-corrected chi connectivity index (χ3v) is 5.15. The molecule has 0 spiro atoms. The first-order valence-electron chi connectivity index (χ1n) is 10.2. The predicted molar refractivity (Wildman–Crippen MR) is 117 cm³/mol. The first kappa shape index (κ1) is 20.5. The van der Waals surface area contributed by atoms with Gasteiger partial charge in [0.2, 0.25) is 0 Å². The molecule has 1 unspecified atom stereocenters. The topological polar surface area (TPSA) is 78.6 Å².